The zero-order chi connectivity index (χ0) is 20.3. The molecule has 7 heteroatoms. The van der Waals surface area contributed by atoms with Gasteiger partial charge in [-0.3, -0.25) is 14.9 Å². The Bertz CT molecular complexity index is 911. The molecule has 2 rings (SSSR count). The maximum absolute atomic E-state index is 12.3. The van der Waals surface area contributed by atoms with Crippen molar-refractivity contribution in [3.05, 3.63) is 67.8 Å². The Hall–Kier alpha value is -3.22. The van der Waals surface area contributed by atoms with E-state index < -0.39 is 23.4 Å². The summed E-state index contributed by atoms with van der Waals surface area (Å²) >= 11 is 0. The van der Waals surface area contributed by atoms with Crippen molar-refractivity contribution in [3.63, 3.8) is 0 Å². The first kappa shape index (κ1) is 20.1. The predicted octanol–water partition coefficient (Wildman–Crippen LogP) is 3.93. The van der Waals surface area contributed by atoms with Gasteiger partial charge in [0.15, 0.2) is 6.61 Å². The molecule has 0 saturated heterocycles. The number of nitrogens with one attached hydrogen (secondary N) is 1. The second-order valence-corrected chi connectivity index (χ2v) is 6.61. The second kappa shape index (κ2) is 7.99. The molecule has 2 aromatic carbocycles. The number of anilines is 1. The van der Waals surface area contributed by atoms with Crippen molar-refractivity contribution in [2.45, 2.75) is 34.6 Å². The van der Waals surface area contributed by atoms with Gasteiger partial charge in [0, 0.05) is 6.07 Å². The number of benzene rings is 2. The summed E-state index contributed by atoms with van der Waals surface area (Å²) in [4.78, 5) is 35.1. The molecule has 0 aliphatic heterocycles. The third kappa shape index (κ3) is 4.69. The summed E-state index contributed by atoms with van der Waals surface area (Å²) in [6.45, 7) is 8.54. The van der Waals surface area contributed by atoms with Crippen LogP contribution in [0, 0.1) is 44.7 Å². The highest BCUT2D eigenvalue weighted by Crippen LogP contribution is 2.28. The number of esters is 1. The molecular weight excluding hydrogens is 348 g/mol. The van der Waals surface area contributed by atoms with Crippen molar-refractivity contribution in [1.82, 2.24) is 0 Å². The zero-order valence-electron chi connectivity index (χ0n) is 16.0. The van der Waals surface area contributed by atoms with Crippen molar-refractivity contribution in [2.24, 2.45) is 0 Å². The van der Waals surface area contributed by atoms with Gasteiger partial charge in [0.1, 0.15) is 5.69 Å². The van der Waals surface area contributed by atoms with E-state index in [2.05, 4.69) is 5.32 Å². The van der Waals surface area contributed by atoms with Crippen LogP contribution in [0.3, 0.4) is 0 Å². The molecule has 0 unspecified atom stereocenters. The summed E-state index contributed by atoms with van der Waals surface area (Å²) in [5, 5.41) is 13.6. The van der Waals surface area contributed by atoms with Gasteiger partial charge >= 0.3 is 5.97 Å². The van der Waals surface area contributed by atoms with Crippen molar-refractivity contribution >= 4 is 23.3 Å². The summed E-state index contributed by atoms with van der Waals surface area (Å²) in [7, 11) is 0. The van der Waals surface area contributed by atoms with Gasteiger partial charge in [0.2, 0.25) is 0 Å². The number of nitrogens with zero attached hydrogens (tertiary/aromatic N) is 1. The lowest BCUT2D eigenvalue weighted by Crippen LogP contribution is -2.22. The van der Waals surface area contributed by atoms with Crippen molar-refractivity contribution in [2.75, 3.05) is 11.9 Å². The number of ether oxygens (including phenoxy) is 1. The molecule has 0 radical (unpaired) electrons. The highest BCUT2D eigenvalue weighted by Gasteiger charge is 2.19. The third-order valence-electron chi connectivity index (χ3n) is 4.30. The lowest BCUT2D eigenvalue weighted by molar-refractivity contribution is -0.384. The third-order valence-corrected chi connectivity index (χ3v) is 4.30. The fourth-order valence-corrected chi connectivity index (χ4v) is 2.94. The van der Waals surface area contributed by atoms with E-state index >= 15 is 0 Å². The number of nitro benzene ring substituents is 1. The van der Waals surface area contributed by atoms with Crippen LogP contribution in [0.4, 0.5) is 11.4 Å². The Balaban J connectivity index is 2.11. The topological polar surface area (TPSA) is 98.5 Å². The highest BCUT2D eigenvalue weighted by molar-refractivity contribution is 5.98. The van der Waals surface area contributed by atoms with Gasteiger partial charge in [-0.1, -0.05) is 17.7 Å². The lowest BCUT2D eigenvalue weighted by atomic mass is 10.00. The van der Waals surface area contributed by atoms with E-state index in [9.17, 15) is 19.7 Å². The van der Waals surface area contributed by atoms with Crippen LogP contribution in [-0.2, 0) is 9.53 Å². The van der Waals surface area contributed by atoms with Crippen LogP contribution < -0.4 is 5.32 Å². The average Bonchev–Trinajstić information content (AvgIpc) is 2.54. The Morgan fingerprint density at radius 2 is 1.52 bits per heavy atom. The Morgan fingerprint density at radius 3 is 2.07 bits per heavy atom. The molecule has 2 aromatic rings. The normalized spacial score (nSPS) is 10.4. The molecule has 1 N–H and O–H groups in total. The first-order chi connectivity index (χ1) is 12.6. The van der Waals surface area contributed by atoms with E-state index in [1.807, 2.05) is 19.1 Å². The first-order valence-electron chi connectivity index (χ1n) is 8.40. The van der Waals surface area contributed by atoms with Crippen LogP contribution in [0.1, 0.15) is 38.2 Å². The van der Waals surface area contributed by atoms with Gasteiger partial charge in [0.25, 0.3) is 11.6 Å². The predicted molar refractivity (Wildman–Crippen MR) is 102 cm³/mol. The number of aryl methyl sites for hydroxylation is 5. The Labute approximate surface area is 157 Å². The van der Waals surface area contributed by atoms with Crippen LogP contribution in [0.15, 0.2) is 24.3 Å². The highest BCUT2D eigenvalue weighted by atomic mass is 16.6. The molecule has 0 aliphatic carbocycles. The Kier molecular flexibility index (Phi) is 5.95. The molecule has 0 fully saturated rings. The number of rotatable bonds is 5. The van der Waals surface area contributed by atoms with Gasteiger partial charge < -0.3 is 10.1 Å². The van der Waals surface area contributed by atoms with Gasteiger partial charge in [-0.15, -0.1) is 0 Å². The maximum Gasteiger partial charge on any atom is 0.339 e. The summed E-state index contributed by atoms with van der Waals surface area (Å²) in [6, 6.07) is 6.65. The van der Waals surface area contributed by atoms with Crippen LogP contribution in [0.25, 0.3) is 0 Å². The number of carbonyl (C=O) groups excluding carboxylic acids is 2. The van der Waals surface area contributed by atoms with Gasteiger partial charge in [-0.05, 0) is 62.9 Å². The molecule has 0 saturated carbocycles. The quantitative estimate of drug-likeness (QED) is 0.488. The van der Waals surface area contributed by atoms with Crippen LogP contribution >= 0.6 is 0 Å². The molecule has 142 valence electrons. The molecule has 0 aromatic heterocycles. The van der Waals surface area contributed by atoms with Crippen molar-refractivity contribution < 1.29 is 19.2 Å². The lowest BCUT2D eigenvalue weighted by Gasteiger charge is -2.12. The maximum atomic E-state index is 12.3. The van der Waals surface area contributed by atoms with Gasteiger partial charge in [-0.25, -0.2) is 4.79 Å². The van der Waals surface area contributed by atoms with Crippen molar-refractivity contribution in [3.8, 4) is 0 Å². The number of hydrogen-bond donors (Lipinski definition) is 1. The molecule has 0 bridgehead atoms. The van der Waals surface area contributed by atoms with E-state index in [-0.39, 0.29) is 11.4 Å². The molecule has 0 atom stereocenters. The summed E-state index contributed by atoms with van der Waals surface area (Å²) in [5.74, 6) is -1.24. The van der Waals surface area contributed by atoms with Gasteiger partial charge in [0.05, 0.1) is 10.5 Å². The van der Waals surface area contributed by atoms with E-state index in [0.29, 0.717) is 5.56 Å². The second-order valence-electron chi connectivity index (χ2n) is 6.61. The molecule has 27 heavy (non-hydrogen) atoms. The fourth-order valence-electron chi connectivity index (χ4n) is 2.94. The largest absolute Gasteiger partial charge is 0.452 e. The summed E-state index contributed by atoms with van der Waals surface area (Å²) in [5.41, 5.74) is 4.41. The monoisotopic (exact) mass is 370 g/mol. The standard InChI is InChI=1S/C20H22N2O5/c1-11-6-14(4)19(15(5)7-11)20(24)27-10-18(23)21-16-8-12(2)13(3)9-17(16)22(25)26/h6-9H,10H2,1-5H3,(H,21,23). The van der Waals surface area contributed by atoms with Crippen LogP contribution in [0.2, 0.25) is 0 Å². The molecule has 0 heterocycles. The minimum absolute atomic E-state index is 0.0758. The number of nitro groups is 1. The number of amides is 1. The van der Waals surface area contributed by atoms with E-state index in [0.717, 1.165) is 27.8 Å². The molecule has 0 spiro atoms. The van der Waals surface area contributed by atoms with Crippen molar-refractivity contribution in [1.29, 1.82) is 0 Å². The summed E-state index contributed by atoms with van der Waals surface area (Å²) < 4.78 is 5.10. The number of hydrogen-bond acceptors (Lipinski definition) is 5. The SMILES string of the molecule is Cc1cc(C)c(C(=O)OCC(=O)Nc2cc(C)c(C)cc2[N+](=O)[O-])c(C)c1. The van der Waals surface area contributed by atoms with E-state index in [1.165, 1.54) is 12.1 Å². The summed E-state index contributed by atoms with van der Waals surface area (Å²) in [6.07, 6.45) is 0. The smallest absolute Gasteiger partial charge is 0.339 e. The van der Waals surface area contributed by atoms with Crippen LogP contribution in [0.5, 0.6) is 0 Å². The minimum Gasteiger partial charge on any atom is -0.452 e. The minimum atomic E-state index is -0.642. The van der Waals surface area contributed by atoms with E-state index in [1.54, 1.807) is 27.7 Å². The number of carbonyl (C=O) groups is 2. The first-order valence-corrected chi connectivity index (χ1v) is 8.40. The molecule has 0 aliphatic rings. The molecular formula is C20H22N2O5. The Morgan fingerprint density at radius 1 is 0.963 bits per heavy atom. The fraction of sp³-hybridized carbons (Fsp3) is 0.300. The average molecular weight is 370 g/mol. The van der Waals surface area contributed by atoms with Crippen LogP contribution in [-0.4, -0.2) is 23.4 Å². The van der Waals surface area contributed by atoms with E-state index in [4.69, 9.17) is 4.74 Å². The molecule has 7 nitrogen and oxygen atoms in total. The molecule has 1 amide bonds. The van der Waals surface area contributed by atoms with Gasteiger partial charge in [-0.2, -0.15) is 0 Å². The zero-order valence-corrected chi connectivity index (χ0v) is 16.0.